The first-order valence-corrected chi connectivity index (χ1v) is 8.53. The van der Waals surface area contributed by atoms with E-state index < -0.39 is 0 Å². The van der Waals surface area contributed by atoms with Crippen LogP contribution in [0.25, 0.3) is 6.08 Å². The third kappa shape index (κ3) is 3.54. The quantitative estimate of drug-likeness (QED) is 0.864. The summed E-state index contributed by atoms with van der Waals surface area (Å²) in [5.41, 5.74) is 2.92. The molecule has 0 saturated carbocycles. The van der Waals surface area contributed by atoms with E-state index in [-0.39, 0.29) is 5.91 Å². The maximum atomic E-state index is 12.1. The van der Waals surface area contributed by atoms with Crippen molar-refractivity contribution in [3.63, 3.8) is 0 Å². The molecule has 1 aromatic carbocycles. The Labute approximate surface area is 145 Å². The zero-order valence-corrected chi connectivity index (χ0v) is 14.7. The summed E-state index contributed by atoms with van der Waals surface area (Å²) in [5, 5.41) is 3.39. The number of thioether (sulfide) groups is 1. The standard InChI is InChI=1S/C18H19N3O2S/c1-4-23-15-9-6-13(7-10-15)19-18-20-17(22)16(24-18)11-14-8-5-12(2)21(14)3/h5-11H,4H2,1-3H3,(H,19,20,22)/b16-11-. The molecule has 2 aromatic rings. The molecule has 0 spiro atoms. The van der Waals surface area contributed by atoms with E-state index in [2.05, 4.69) is 10.3 Å². The Morgan fingerprint density at radius 3 is 2.62 bits per heavy atom. The number of hydrogen-bond acceptors (Lipinski definition) is 4. The van der Waals surface area contributed by atoms with Gasteiger partial charge < -0.3 is 14.6 Å². The van der Waals surface area contributed by atoms with Crippen LogP contribution in [-0.2, 0) is 11.8 Å². The molecular weight excluding hydrogens is 322 g/mol. The van der Waals surface area contributed by atoms with Gasteiger partial charge in [0.15, 0.2) is 5.17 Å². The van der Waals surface area contributed by atoms with Crippen LogP contribution >= 0.6 is 11.8 Å². The summed E-state index contributed by atoms with van der Waals surface area (Å²) in [5.74, 6) is 0.688. The second-order valence-electron chi connectivity index (χ2n) is 5.37. The predicted molar refractivity (Wildman–Crippen MR) is 98.6 cm³/mol. The number of amidine groups is 1. The zero-order valence-electron chi connectivity index (χ0n) is 13.9. The number of nitrogens with one attached hydrogen (secondary N) is 1. The predicted octanol–water partition coefficient (Wildman–Crippen LogP) is 3.62. The number of hydrogen-bond donors (Lipinski definition) is 1. The van der Waals surface area contributed by atoms with Crippen molar-refractivity contribution in [1.82, 2.24) is 9.88 Å². The fourth-order valence-electron chi connectivity index (χ4n) is 2.29. The molecule has 2 heterocycles. The lowest BCUT2D eigenvalue weighted by Gasteiger charge is -2.02. The Morgan fingerprint density at radius 1 is 1.25 bits per heavy atom. The largest absolute Gasteiger partial charge is 0.494 e. The molecule has 124 valence electrons. The van der Waals surface area contributed by atoms with E-state index in [0.717, 1.165) is 22.8 Å². The number of aromatic nitrogens is 1. The Bertz CT molecular complexity index is 819. The zero-order chi connectivity index (χ0) is 17.1. The maximum absolute atomic E-state index is 12.1. The Kier molecular flexibility index (Phi) is 4.76. The van der Waals surface area contributed by atoms with Crippen LogP contribution in [0.4, 0.5) is 5.69 Å². The fraction of sp³-hybridized carbons (Fsp3) is 0.222. The minimum Gasteiger partial charge on any atom is -0.494 e. The minimum atomic E-state index is -0.122. The molecular formula is C18H19N3O2S. The molecule has 6 heteroatoms. The number of nitrogens with zero attached hydrogens (tertiary/aromatic N) is 2. The summed E-state index contributed by atoms with van der Waals surface area (Å²) in [6, 6.07) is 11.5. The monoisotopic (exact) mass is 341 g/mol. The van der Waals surface area contributed by atoms with Gasteiger partial charge in [0.1, 0.15) is 5.75 Å². The van der Waals surface area contributed by atoms with E-state index in [0.29, 0.717) is 16.7 Å². The van der Waals surface area contributed by atoms with E-state index in [1.54, 1.807) is 0 Å². The number of carbonyl (C=O) groups is 1. The van der Waals surface area contributed by atoms with Gasteiger partial charge in [0.05, 0.1) is 17.2 Å². The molecule has 0 atom stereocenters. The topological polar surface area (TPSA) is 55.6 Å². The van der Waals surface area contributed by atoms with E-state index in [1.165, 1.54) is 11.8 Å². The maximum Gasteiger partial charge on any atom is 0.264 e. The molecule has 1 amide bonds. The lowest BCUT2D eigenvalue weighted by atomic mass is 10.3. The number of rotatable bonds is 4. The second kappa shape index (κ2) is 6.97. The highest BCUT2D eigenvalue weighted by Gasteiger charge is 2.24. The first-order valence-electron chi connectivity index (χ1n) is 7.71. The van der Waals surface area contributed by atoms with Gasteiger partial charge in [0.25, 0.3) is 5.91 Å². The highest BCUT2D eigenvalue weighted by molar-refractivity contribution is 8.18. The number of ether oxygens (including phenoxy) is 1. The van der Waals surface area contributed by atoms with Crippen molar-refractivity contribution in [3.8, 4) is 5.75 Å². The van der Waals surface area contributed by atoms with Crippen LogP contribution in [0.3, 0.4) is 0 Å². The van der Waals surface area contributed by atoms with Crippen LogP contribution in [0.1, 0.15) is 18.3 Å². The van der Waals surface area contributed by atoms with E-state index in [4.69, 9.17) is 4.74 Å². The van der Waals surface area contributed by atoms with Gasteiger partial charge in [-0.15, -0.1) is 0 Å². The van der Waals surface area contributed by atoms with Gasteiger partial charge in [-0.3, -0.25) is 4.79 Å². The van der Waals surface area contributed by atoms with Gasteiger partial charge in [-0.05, 0) is 68.1 Å². The third-order valence-corrected chi connectivity index (χ3v) is 4.63. The van der Waals surface area contributed by atoms with Crippen LogP contribution in [0, 0.1) is 6.92 Å². The molecule has 0 unspecified atom stereocenters. The number of benzene rings is 1. The first-order chi connectivity index (χ1) is 11.6. The van der Waals surface area contributed by atoms with Crippen molar-refractivity contribution >= 4 is 34.6 Å². The summed E-state index contributed by atoms with van der Waals surface area (Å²) in [6.45, 7) is 4.61. The van der Waals surface area contributed by atoms with Gasteiger partial charge >= 0.3 is 0 Å². The third-order valence-electron chi connectivity index (χ3n) is 3.72. The van der Waals surface area contributed by atoms with Gasteiger partial charge in [0.2, 0.25) is 0 Å². The van der Waals surface area contributed by atoms with Gasteiger partial charge in [0, 0.05) is 18.4 Å². The normalized spacial score (nSPS) is 17.5. The minimum absolute atomic E-state index is 0.122. The van der Waals surface area contributed by atoms with Gasteiger partial charge in [-0.2, -0.15) is 0 Å². The summed E-state index contributed by atoms with van der Waals surface area (Å²) in [4.78, 5) is 17.2. The van der Waals surface area contributed by atoms with Crippen LogP contribution in [0.2, 0.25) is 0 Å². The molecule has 5 nitrogen and oxygen atoms in total. The smallest absolute Gasteiger partial charge is 0.264 e. The molecule has 0 radical (unpaired) electrons. The first kappa shape index (κ1) is 16.4. The molecule has 1 fully saturated rings. The SMILES string of the molecule is CCOc1ccc(N=C2NC(=O)/C(=C/c3ccc(C)n3C)S2)cc1. The lowest BCUT2D eigenvalue weighted by Crippen LogP contribution is -2.19. The van der Waals surface area contributed by atoms with Crippen molar-refractivity contribution in [2.24, 2.45) is 12.0 Å². The Morgan fingerprint density at radius 2 is 2.00 bits per heavy atom. The Hall–Kier alpha value is -2.47. The summed E-state index contributed by atoms with van der Waals surface area (Å²) >= 11 is 1.35. The molecule has 1 N–H and O–H groups in total. The molecule has 1 aliphatic rings. The number of aliphatic imine (C=N–C) groups is 1. The average molecular weight is 341 g/mol. The molecule has 3 rings (SSSR count). The van der Waals surface area contributed by atoms with E-state index in [9.17, 15) is 4.79 Å². The highest BCUT2D eigenvalue weighted by atomic mass is 32.2. The molecule has 1 saturated heterocycles. The van der Waals surface area contributed by atoms with Gasteiger partial charge in [-0.1, -0.05) is 0 Å². The summed E-state index contributed by atoms with van der Waals surface area (Å²) in [6.07, 6.45) is 1.88. The van der Waals surface area contributed by atoms with Crippen LogP contribution in [0.15, 0.2) is 46.3 Å². The highest BCUT2D eigenvalue weighted by Crippen LogP contribution is 2.28. The van der Waals surface area contributed by atoms with E-state index >= 15 is 0 Å². The van der Waals surface area contributed by atoms with Crippen molar-refractivity contribution in [1.29, 1.82) is 0 Å². The van der Waals surface area contributed by atoms with Crippen molar-refractivity contribution in [2.75, 3.05) is 6.61 Å². The molecule has 1 aromatic heterocycles. The molecule has 0 aliphatic carbocycles. The number of amides is 1. The van der Waals surface area contributed by atoms with Crippen molar-refractivity contribution < 1.29 is 9.53 Å². The molecule has 1 aliphatic heterocycles. The van der Waals surface area contributed by atoms with Crippen molar-refractivity contribution in [2.45, 2.75) is 13.8 Å². The number of aryl methyl sites for hydroxylation is 1. The molecule has 24 heavy (non-hydrogen) atoms. The average Bonchev–Trinajstić information content (AvgIpc) is 3.06. The van der Waals surface area contributed by atoms with Gasteiger partial charge in [-0.25, -0.2) is 4.99 Å². The van der Waals surface area contributed by atoms with Crippen LogP contribution in [0.5, 0.6) is 5.75 Å². The Balaban J connectivity index is 1.77. The lowest BCUT2D eigenvalue weighted by molar-refractivity contribution is -0.115. The second-order valence-corrected chi connectivity index (χ2v) is 6.40. The summed E-state index contributed by atoms with van der Waals surface area (Å²) in [7, 11) is 1.98. The van der Waals surface area contributed by atoms with E-state index in [1.807, 2.05) is 67.9 Å². The van der Waals surface area contributed by atoms with Crippen LogP contribution in [-0.4, -0.2) is 22.2 Å². The number of carbonyl (C=O) groups excluding carboxylic acids is 1. The fourth-order valence-corrected chi connectivity index (χ4v) is 3.12. The van der Waals surface area contributed by atoms with Crippen LogP contribution < -0.4 is 10.1 Å². The van der Waals surface area contributed by atoms with Crippen molar-refractivity contribution in [3.05, 3.63) is 52.7 Å². The summed E-state index contributed by atoms with van der Waals surface area (Å²) < 4.78 is 7.45. The molecule has 0 bridgehead atoms.